The number of benzene rings is 1. The van der Waals surface area contributed by atoms with Gasteiger partial charge >= 0.3 is 6.18 Å². The number of hydrogen-bond acceptors (Lipinski definition) is 1. The van der Waals surface area contributed by atoms with Crippen LogP contribution in [0.4, 0.5) is 17.6 Å². The molecule has 0 heterocycles. The first-order chi connectivity index (χ1) is 6.84. The fourth-order valence-corrected chi connectivity index (χ4v) is 1.25. The third-order valence-corrected chi connectivity index (χ3v) is 2.06. The average Bonchev–Trinajstić information content (AvgIpc) is 2.14. The van der Waals surface area contributed by atoms with E-state index in [1.54, 1.807) is 0 Å². The Kier molecular flexibility index (Phi) is 3.53. The number of alkyl halides is 3. The normalized spacial score (nSPS) is 11.3. The topological polar surface area (TPSA) is 29.1 Å². The molecule has 0 unspecified atom stereocenters. The van der Waals surface area contributed by atoms with Crippen LogP contribution in [0.25, 0.3) is 0 Å². The highest BCUT2D eigenvalue weighted by Crippen LogP contribution is 2.30. The second-order valence-corrected chi connectivity index (χ2v) is 3.19. The Morgan fingerprint density at radius 1 is 1.27 bits per heavy atom. The van der Waals surface area contributed by atoms with Gasteiger partial charge in [-0.05, 0) is 18.2 Å². The first kappa shape index (κ1) is 12.2. The molecule has 0 atom stereocenters. The van der Waals surface area contributed by atoms with Gasteiger partial charge in [-0.1, -0.05) is 0 Å². The number of halogens is 5. The fraction of sp³-hybridized carbons (Fsp3) is 0.125. The maximum Gasteiger partial charge on any atom is 0.416 e. The van der Waals surface area contributed by atoms with Crippen LogP contribution in [-0.4, -0.2) is 5.91 Å². The first-order valence-electron chi connectivity index (χ1n) is 3.63. The number of amides is 1. The molecule has 0 saturated carbocycles. The monoisotopic (exact) mass is 333 g/mol. The minimum Gasteiger partial charge on any atom is -0.295 e. The zero-order valence-electron chi connectivity index (χ0n) is 7.03. The number of nitrogens with one attached hydrogen (secondary N) is 1. The van der Waals surface area contributed by atoms with Gasteiger partial charge in [-0.2, -0.15) is 13.2 Å². The summed E-state index contributed by atoms with van der Waals surface area (Å²) in [6, 6.07) is 1.67. The van der Waals surface area contributed by atoms with Crippen molar-refractivity contribution >= 4 is 28.8 Å². The summed E-state index contributed by atoms with van der Waals surface area (Å²) < 4.78 is 51.5. The van der Waals surface area contributed by atoms with Gasteiger partial charge in [0, 0.05) is 5.56 Å². The van der Waals surface area contributed by atoms with Gasteiger partial charge in [0.25, 0.3) is 5.91 Å². The lowest BCUT2D eigenvalue weighted by molar-refractivity contribution is -0.137. The van der Waals surface area contributed by atoms with Crippen LogP contribution < -0.4 is 3.53 Å². The average molecular weight is 333 g/mol. The van der Waals surface area contributed by atoms with Gasteiger partial charge in [0.15, 0.2) is 0 Å². The second-order valence-electron chi connectivity index (χ2n) is 2.65. The van der Waals surface area contributed by atoms with E-state index in [4.69, 9.17) is 0 Å². The van der Waals surface area contributed by atoms with Gasteiger partial charge in [0.1, 0.15) is 5.82 Å². The van der Waals surface area contributed by atoms with Crippen LogP contribution in [0, 0.1) is 5.82 Å². The summed E-state index contributed by atoms with van der Waals surface area (Å²) in [6.07, 6.45) is -4.66. The van der Waals surface area contributed by atoms with Crippen molar-refractivity contribution in [2.45, 2.75) is 6.18 Å². The largest absolute Gasteiger partial charge is 0.416 e. The van der Waals surface area contributed by atoms with E-state index < -0.39 is 23.5 Å². The molecule has 0 fully saturated rings. The predicted molar refractivity (Wildman–Crippen MR) is 52.9 cm³/mol. The summed E-state index contributed by atoms with van der Waals surface area (Å²) in [5, 5.41) is 0. The zero-order chi connectivity index (χ0) is 11.6. The Hall–Kier alpha value is -0.860. The molecule has 0 aliphatic heterocycles. The van der Waals surface area contributed by atoms with Gasteiger partial charge in [-0.15, -0.1) is 0 Å². The molecule has 0 aromatic heterocycles. The Morgan fingerprint density at radius 3 is 2.33 bits per heavy atom. The Labute approximate surface area is 96.2 Å². The standard InChI is InChI=1S/C8H4F4INO/c9-6-2-4(7(15)14-13)1-5(3-6)8(10,11)12/h1-3H,(H,14,15). The quantitative estimate of drug-likeness (QED) is 0.478. The van der Waals surface area contributed by atoms with Gasteiger partial charge in [0.2, 0.25) is 0 Å². The Bertz CT molecular complexity index is 391. The molecule has 15 heavy (non-hydrogen) atoms. The van der Waals surface area contributed by atoms with Crippen LogP contribution in [0.15, 0.2) is 18.2 Å². The lowest BCUT2D eigenvalue weighted by Crippen LogP contribution is -2.14. The van der Waals surface area contributed by atoms with Crippen molar-refractivity contribution < 1.29 is 22.4 Å². The van der Waals surface area contributed by atoms with Gasteiger partial charge in [-0.3, -0.25) is 8.32 Å². The first-order valence-corrected chi connectivity index (χ1v) is 4.71. The molecule has 0 saturated heterocycles. The highest BCUT2D eigenvalue weighted by Gasteiger charge is 2.31. The minimum absolute atomic E-state index is 0.337. The second kappa shape index (κ2) is 4.33. The maximum atomic E-state index is 12.8. The van der Waals surface area contributed by atoms with Crippen molar-refractivity contribution in [3.63, 3.8) is 0 Å². The van der Waals surface area contributed by atoms with Crippen LogP contribution in [0.1, 0.15) is 15.9 Å². The highest BCUT2D eigenvalue weighted by atomic mass is 127. The zero-order valence-corrected chi connectivity index (χ0v) is 9.19. The molecule has 0 bridgehead atoms. The summed E-state index contributed by atoms with van der Waals surface area (Å²) in [6.45, 7) is 0. The molecule has 7 heteroatoms. The Morgan fingerprint density at radius 2 is 1.87 bits per heavy atom. The molecular formula is C8H4F4INO. The summed E-state index contributed by atoms with van der Waals surface area (Å²) in [5.41, 5.74) is -1.55. The predicted octanol–water partition coefficient (Wildman–Crippen LogP) is 2.92. The van der Waals surface area contributed by atoms with E-state index in [0.29, 0.717) is 12.1 Å². The molecule has 1 N–H and O–H groups in total. The molecule has 1 aromatic carbocycles. The number of carbonyl (C=O) groups is 1. The molecule has 1 rings (SSSR count). The van der Waals surface area contributed by atoms with E-state index in [9.17, 15) is 22.4 Å². The molecule has 0 spiro atoms. The van der Waals surface area contributed by atoms with E-state index in [1.165, 1.54) is 22.9 Å². The van der Waals surface area contributed by atoms with Crippen molar-refractivity contribution in [3.05, 3.63) is 35.1 Å². The van der Waals surface area contributed by atoms with Crippen molar-refractivity contribution in [1.29, 1.82) is 0 Å². The van der Waals surface area contributed by atoms with E-state index in [1.807, 2.05) is 0 Å². The molecule has 1 amide bonds. The smallest absolute Gasteiger partial charge is 0.295 e. The number of carbonyl (C=O) groups excluding carboxylic acids is 1. The summed E-state index contributed by atoms with van der Waals surface area (Å²) in [4.78, 5) is 11.0. The summed E-state index contributed by atoms with van der Waals surface area (Å²) >= 11 is 1.46. The maximum absolute atomic E-state index is 12.8. The lowest BCUT2D eigenvalue weighted by Gasteiger charge is -2.08. The van der Waals surface area contributed by atoms with Crippen LogP contribution in [0.5, 0.6) is 0 Å². The van der Waals surface area contributed by atoms with Crippen LogP contribution in [-0.2, 0) is 6.18 Å². The molecule has 0 aliphatic rings. The minimum atomic E-state index is -4.66. The van der Waals surface area contributed by atoms with Gasteiger partial charge in [0.05, 0.1) is 28.4 Å². The van der Waals surface area contributed by atoms with E-state index >= 15 is 0 Å². The van der Waals surface area contributed by atoms with Gasteiger partial charge in [-0.25, -0.2) is 4.39 Å². The van der Waals surface area contributed by atoms with E-state index in [-0.39, 0.29) is 5.56 Å². The third kappa shape index (κ3) is 3.05. The van der Waals surface area contributed by atoms with Crippen molar-refractivity contribution in [3.8, 4) is 0 Å². The molecule has 2 nitrogen and oxygen atoms in total. The molecule has 1 aromatic rings. The summed E-state index contributed by atoms with van der Waals surface area (Å²) in [7, 11) is 0. The van der Waals surface area contributed by atoms with Crippen LogP contribution in [0.2, 0.25) is 0 Å². The van der Waals surface area contributed by atoms with E-state index in [0.717, 1.165) is 6.07 Å². The molecule has 0 radical (unpaired) electrons. The summed E-state index contributed by atoms with van der Waals surface area (Å²) in [5.74, 6) is -1.87. The molecule has 82 valence electrons. The van der Waals surface area contributed by atoms with Crippen LogP contribution >= 0.6 is 22.9 Å². The fourth-order valence-electron chi connectivity index (χ4n) is 0.939. The molecule has 0 aliphatic carbocycles. The lowest BCUT2D eigenvalue weighted by atomic mass is 10.1. The Balaban J connectivity index is 3.23. The number of hydrogen-bond donors (Lipinski definition) is 1. The SMILES string of the molecule is O=C(NI)c1cc(F)cc(C(F)(F)F)c1. The van der Waals surface area contributed by atoms with Gasteiger partial charge < -0.3 is 0 Å². The molecular weight excluding hydrogens is 329 g/mol. The van der Waals surface area contributed by atoms with E-state index in [2.05, 4.69) is 3.53 Å². The van der Waals surface area contributed by atoms with Crippen molar-refractivity contribution in [2.24, 2.45) is 0 Å². The van der Waals surface area contributed by atoms with Crippen molar-refractivity contribution in [1.82, 2.24) is 3.53 Å². The highest BCUT2D eigenvalue weighted by molar-refractivity contribution is 14.1. The third-order valence-electron chi connectivity index (χ3n) is 1.57. The number of rotatable bonds is 1. The van der Waals surface area contributed by atoms with Crippen LogP contribution in [0.3, 0.4) is 0 Å². The van der Waals surface area contributed by atoms with Crippen molar-refractivity contribution in [2.75, 3.05) is 0 Å².